The van der Waals surface area contributed by atoms with E-state index in [4.69, 9.17) is 4.74 Å². The van der Waals surface area contributed by atoms with Crippen LogP contribution in [-0.2, 0) is 11.3 Å². The van der Waals surface area contributed by atoms with Crippen LogP contribution in [0.25, 0.3) is 0 Å². The number of carbonyl (C=O) groups is 2. The molecular weight excluding hydrogens is 294 g/mol. The van der Waals surface area contributed by atoms with Crippen molar-refractivity contribution >= 4 is 11.9 Å². The van der Waals surface area contributed by atoms with Crippen LogP contribution in [0.3, 0.4) is 0 Å². The third-order valence-corrected chi connectivity index (χ3v) is 3.29. The van der Waals surface area contributed by atoms with Crippen molar-refractivity contribution < 1.29 is 14.3 Å². The SMILES string of the molecule is COc1ccc(CN(C)CC(=O)NC(=O)NCCC(C)C)cc1. The summed E-state index contributed by atoms with van der Waals surface area (Å²) in [5.41, 5.74) is 1.07. The van der Waals surface area contributed by atoms with Gasteiger partial charge in [-0.2, -0.15) is 0 Å². The van der Waals surface area contributed by atoms with Gasteiger partial charge in [0.15, 0.2) is 0 Å². The van der Waals surface area contributed by atoms with Crippen molar-refractivity contribution in [1.82, 2.24) is 15.5 Å². The number of imide groups is 1. The van der Waals surface area contributed by atoms with Gasteiger partial charge in [0, 0.05) is 13.1 Å². The summed E-state index contributed by atoms with van der Waals surface area (Å²) in [6.45, 7) is 5.51. The number of methoxy groups -OCH3 is 1. The first-order chi connectivity index (χ1) is 10.9. The van der Waals surface area contributed by atoms with E-state index in [1.165, 1.54) is 0 Å². The smallest absolute Gasteiger partial charge is 0.321 e. The molecule has 2 N–H and O–H groups in total. The highest BCUT2D eigenvalue weighted by molar-refractivity contribution is 5.95. The van der Waals surface area contributed by atoms with E-state index in [1.807, 2.05) is 36.2 Å². The topological polar surface area (TPSA) is 70.7 Å². The normalized spacial score (nSPS) is 10.7. The number of nitrogens with one attached hydrogen (secondary N) is 2. The Morgan fingerprint density at radius 2 is 1.87 bits per heavy atom. The highest BCUT2D eigenvalue weighted by Gasteiger charge is 2.10. The van der Waals surface area contributed by atoms with Crippen LogP contribution in [0.15, 0.2) is 24.3 Å². The molecule has 1 rings (SSSR count). The molecule has 0 radical (unpaired) electrons. The van der Waals surface area contributed by atoms with E-state index in [9.17, 15) is 9.59 Å². The van der Waals surface area contributed by atoms with Crippen molar-refractivity contribution in [3.8, 4) is 5.75 Å². The molecule has 128 valence electrons. The Morgan fingerprint density at radius 3 is 2.43 bits per heavy atom. The lowest BCUT2D eigenvalue weighted by atomic mass is 10.1. The molecule has 0 aliphatic heterocycles. The van der Waals surface area contributed by atoms with Crippen LogP contribution in [0.5, 0.6) is 5.75 Å². The van der Waals surface area contributed by atoms with E-state index in [1.54, 1.807) is 7.11 Å². The molecule has 0 bridgehead atoms. The van der Waals surface area contributed by atoms with Gasteiger partial charge in [-0.1, -0.05) is 26.0 Å². The lowest BCUT2D eigenvalue weighted by Crippen LogP contribution is -2.44. The van der Waals surface area contributed by atoms with Crippen molar-refractivity contribution in [3.63, 3.8) is 0 Å². The van der Waals surface area contributed by atoms with Crippen LogP contribution in [0.4, 0.5) is 4.79 Å². The summed E-state index contributed by atoms with van der Waals surface area (Å²) < 4.78 is 5.11. The molecule has 3 amide bonds. The third-order valence-electron chi connectivity index (χ3n) is 3.29. The minimum absolute atomic E-state index is 0.156. The second-order valence-corrected chi connectivity index (χ2v) is 6.01. The van der Waals surface area contributed by atoms with Gasteiger partial charge < -0.3 is 10.1 Å². The zero-order valence-electron chi connectivity index (χ0n) is 14.4. The highest BCUT2D eigenvalue weighted by atomic mass is 16.5. The summed E-state index contributed by atoms with van der Waals surface area (Å²) in [7, 11) is 3.46. The van der Waals surface area contributed by atoms with Crippen LogP contribution in [-0.4, -0.2) is 44.1 Å². The van der Waals surface area contributed by atoms with Crippen molar-refractivity contribution in [2.75, 3.05) is 27.2 Å². The minimum atomic E-state index is -0.437. The molecule has 0 fully saturated rings. The van der Waals surface area contributed by atoms with Gasteiger partial charge in [0.05, 0.1) is 13.7 Å². The van der Waals surface area contributed by atoms with E-state index in [0.29, 0.717) is 19.0 Å². The largest absolute Gasteiger partial charge is 0.497 e. The maximum absolute atomic E-state index is 11.8. The van der Waals surface area contributed by atoms with Crippen LogP contribution in [0.1, 0.15) is 25.8 Å². The maximum Gasteiger partial charge on any atom is 0.321 e. The number of nitrogens with zero attached hydrogens (tertiary/aromatic N) is 1. The Bertz CT molecular complexity index is 500. The number of amides is 3. The fourth-order valence-electron chi connectivity index (χ4n) is 2.03. The first-order valence-corrected chi connectivity index (χ1v) is 7.80. The summed E-state index contributed by atoms with van der Waals surface area (Å²) >= 11 is 0. The zero-order chi connectivity index (χ0) is 17.2. The number of benzene rings is 1. The predicted molar refractivity (Wildman–Crippen MR) is 90.3 cm³/mol. The van der Waals surface area contributed by atoms with Crippen molar-refractivity contribution in [2.24, 2.45) is 5.92 Å². The molecule has 0 saturated carbocycles. The van der Waals surface area contributed by atoms with Crippen LogP contribution in [0.2, 0.25) is 0 Å². The number of rotatable bonds is 8. The molecule has 0 aromatic heterocycles. The molecule has 6 nitrogen and oxygen atoms in total. The fraction of sp³-hybridized carbons (Fsp3) is 0.529. The Hall–Kier alpha value is -2.08. The van der Waals surface area contributed by atoms with Gasteiger partial charge in [0.2, 0.25) is 5.91 Å². The molecule has 0 saturated heterocycles. The standard InChI is InChI=1S/C17H27N3O3/c1-13(2)9-10-18-17(22)19-16(21)12-20(3)11-14-5-7-15(23-4)8-6-14/h5-8,13H,9-12H2,1-4H3,(H2,18,19,21,22). The quantitative estimate of drug-likeness (QED) is 0.768. The summed E-state index contributed by atoms with van der Waals surface area (Å²) in [6.07, 6.45) is 0.888. The molecule has 23 heavy (non-hydrogen) atoms. The molecular formula is C17H27N3O3. The average Bonchev–Trinajstić information content (AvgIpc) is 2.47. The van der Waals surface area contributed by atoms with Gasteiger partial charge in [-0.15, -0.1) is 0 Å². The monoisotopic (exact) mass is 321 g/mol. The van der Waals surface area contributed by atoms with Gasteiger partial charge in [0.25, 0.3) is 0 Å². The number of carbonyl (C=O) groups excluding carboxylic acids is 2. The zero-order valence-corrected chi connectivity index (χ0v) is 14.4. The first-order valence-electron chi connectivity index (χ1n) is 7.80. The molecule has 0 heterocycles. The van der Waals surface area contributed by atoms with Gasteiger partial charge in [-0.25, -0.2) is 4.79 Å². The summed E-state index contributed by atoms with van der Waals surface area (Å²) in [4.78, 5) is 25.2. The Balaban J connectivity index is 2.30. The van der Waals surface area contributed by atoms with E-state index in [0.717, 1.165) is 17.7 Å². The number of hydrogen-bond donors (Lipinski definition) is 2. The van der Waals surface area contributed by atoms with Crippen LogP contribution < -0.4 is 15.4 Å². The first kappa shape index (κ1) is 19.0. The number of hydrogen-bond acceptors (Lipinski definition) is 4. The van der Waals surface area contributed by atoms with Gasteiger partial charge in [0.1, 0.15) is 5.75 Å². The fourth-order valence-corrected chi connectivity index (χ4v) is 2.03. The molecule has 0 unspecified atom stereocenters. The third kappa shape index (κ3) is 8.21. The maximum atomic E-state index is 11.8. The lowest BCUT2D eigenvalue weighted by Gasteiger charge is -2.16. The Kier molecular flexibility index (Phi) is 8.11. The summed E-state index contributed by atoms with van der Waals surface area (Å²) in [5.74, 6) is 0.997. The molecule has 0 aliphatic rings. The number of urea groups is 1. The van der Waals surface area contributed by atoms with Gasteiger partial charge >= 0.3 is 6.03 Å². The van der Waals surface area contributed by atoms with E-state index in [-0.39, 0.29) is 12.5 Å². The van der Waals surface area contributed by atoms with Gasteiger partial charge in [-0.3, -0.25) is 15.0 Å². The van der Waals surface area contributed by atoms with Crippen molar-refractivity contribution in [2.45, 2.75) is 26.8 Å². The number of likely N-dealkylation sites (N-methyl/N-ethyl adjacent to an activating group) is 1. The van der Waals surface area contributed by atoms with Gasteiger partial charge in [-0.05, 0) is 37.1 Å². The Morgan fingerprint density at radius 1 is 1.22 bits per heavy atom. The van der Waals surface area contributed by atoms with Crippen LogP contribution >= 0.6 is 0 Å². The van der Waals surface area contributed by atoms with E-state index in [2.05, 4.69) is 24.5 Å². The van der Waals surface area contributed by atoms with Crippen molar-refractivity contribution in [3.05, 3.63) is 29.8 Å². The molecule has 6 heteroatoms. The summed E-state index contributed by atoms with van der Waals surface area (Å²) in [6, 6.07) is 7.22. The number of ether oxygens (including phenoxy) is 1. The highest BCUT2D eigenvalue weighted by Crippen LogP contribution is 2.12. The molecule has 0 aliphatic carbocycles. The summed E-state index contributed by atoms with van der Waals surface area (Å²) in [5, 5.41) is 5.02. The second-order valence-electron chi connectivity index (χ2n) is 6.01. The van der Waals surface area contributed by atoms with Crippen molar-refractivity contribution in [1.29, 1.82) is 0 Å². The predicted octanol–water partition coefficient (Wildman–Crippen LogP) is 2.00. The molecule has 1 aromatic carbocycles. The van der Waals surface area contributed by atoms with E-state index >= 15 is 0 Å². The van der Waals surface area contributed by atoms with E-state index < -0.39 is 6.03 Å². The minimum Gasteiger partial charge on any atom is -0.497 e. The second kappa shape index (κ2) is 9.84. The lowest BCUT2D eigenvalue weighted by molar-refractivity contribution is -0.120. The Labute approximate surface area is 138 Å². The average molecular weight is 321 g/mol. The molecule has 1 aromatic rings. The molecule has 0 atom stereocenters. The van der Waals surface area contributed by atoms with Crippen LogP contribution in [0, 0.1) is 5.92 Å². The molecule has 0 spiro atoms.